The van der Waals surface area contributed by atoms with Crippen LogP contribution in [0, 0.1) is 58.2 Å². The molecule has 8 aliphatic rings. The third-order valence-corrected chi connectivity index (χ3v) is 28.4. The minimum Gasteiger partial charge on any atom is -0.496 e. The normalized spacial score (nSPS) is 25.3. The van der Waals surface area contributed by atoms with E-state index in [4.69, 9.17) is 35.1 Å². The zero-order valence-electron chi connectivity index (χ0n) is 76.4. The average Bonchev–Trinajstić information content (AvgIpc) is 0.834. The maximum absolute atomic E-state index is 14.5. The number of nitrogens with one attached hydrogen (secondary N) is 4. The van der Waals surface area contributed by atoms with Gasteiger partial charge in [0.15, 0.2) is 0 Å². The first-order chi connectivity index (χ1) is 60.0. The molecule has 4 amide bonds. The molecular weight excluding hydrogens is 1640 g/mol. The maximum atomic E-state index is 14.5. The molecule has 0 radical (unpaired) electrons. The minimum atomic E-state index is -0.942. The topological polar surface area (TPSA) is 369 Å². The van der Waals surface area contributed by atoms with Gasteiger partial charge in [-0.1, -0.05) is 144 Å². The van der Waals surface area contributed by atoms with Crippen LogP contribution in [-0.4, -0.2) is 268 Å². The number of ether oxygens (including phenoxy) is 2. The lowest BCUT2D eigenvalue weighted by atomic mass is 9.45. The van der Waals surface area contributed by atoms with Crippen LogP contribution in [0.2, 0.25) is 0 Å². The second-order valence-electron chi connectivity index (χ2n) is 37.3. The third-order valence-electron chi connectivity index (χ3n) is 27.6. The van der Waals surface area contributed by atoms with Gasteiger partial charge in [-0.3, -0.25) is 28.9 Å². The van der Waals surface area contributed by atoms with Gasteiger partial charge in [0.05, 0.1) is 83.7 Å². The fourth-order valence-electron chi connectivity index (χ4n) is 20.4. The summed E-state index contributed by atoms with van der Waals surface area (Å²) in [6.45, 7) is 19.5. The summed E-state index contributed by atoms with van der Waals surface area (Å²) in [6.07, 6.45) is 1.01. The molecule has 6 aromatic carbocycles. The third kappa shape index (κ3) is 24.1. The Morgan fingerprint density at radius 3 is 1.30 bits per heavy atom. The lowest BCUT2D eigenvalue weighted by Crippen LogP contribution is -2.62. The highest BCUT2D eigenvalue weighted by molar-refractivity contribution is 7.80. The second kappa shape index (κ2) is 45.4. The smallest absolute Gasteiger partial charge is 0.251 e. The number of hydroxylamine groups is 4. The summed E-state index contributed by atoms with van der Waals surface area (Å²) in [4.78, 5) is 80.9. The summed E-state index contributed by atoms with van der Waals surface area (Å²) in [7, 11) is 14.9. The molecule has 4 bridgehead atoms. The first kappa shape index (κ1) is 100. The van der Waals surface area contributed by atoms with Gasteiger partial charge in [-0.2, -0.15) is 35.4 Å². The number of nitrogens with zero attached hydrogens (tertiary/aromatic N) is 9. The number of aliphatic hydroxyl groups is 6. The van der Waals surface area contributed by atoms with E-state index in [1.54, 1.807) is 38.2 Å². The Hall–Kier alpha value is -8.11. The maximum Gasteiger partial charge on any atom is 0.251 e. The van der Waals surface area contributed by atoms with Crippen molar-refractivity contribution < 1.29 is 69.0 Å². The molecule has 126 heavy (non-hydrogen) atoms. The largest absolute Gasteiger partial charge is 0.496 e. The van der Waals surface area contributed by atoms with Crippen LogP contribution in [0.4, 0.5) is 11.4 Å². The predicted octanol–water partition coefficient (Wildman–Crippen LogP) is 9.56. The van der Waals surface area contributed by atoms with Crippen LogP contribution in [-0.2, 0) is 45.2 Å². The van der Waals surface area contributed by atoms with Gasteiger partial charge < -0.3 is 86.7 Å². The number of azide groups is 1. The lowest BCUT2D eigenvalue weighted by molar-refractivity contribution is -0.176. The van der Waals surface area contributed by atoms with Gasteiger partial charge in [0.1, 0.15) is 23.6 Å². The fourth-order valence-corrected chi connectivity index (χ4v) is 20.9. The number of hydrogen-bond acceptors (Lipinski definition) is 24. The van der Waals surface area contributed by atoms with Gasteiger partial charge in [-0.05, 0) is 191 Å². The molecule has 30 heteroatoms. The van der Waals surface area contributed by atoms with E-state index in [-0.39, 0.29) is 110 Å². The number of carbonyl (C=O) groups excluding carboxylic acids is 4. The van der Waals surface area contributed by atoms with Crippen LogP contribution < -0.4 is 46.3 Å². The zero-order chi connectivity index (χ0) is 91.8. The predicted molar refractivity (Wildman–Crippen MR) is 501 cm³/mol. The Morgan fingerprint density at radius 2 is 0.968 bits per heavy atom. The molecule has 14 rings (SSSR count). The molecule has 20 atom stereocenters. The van der Waals surface area contributed by atoms with Crippen LogP contribution in [0.15, 0.2) is 139 Å². The van der Waals surface area contributed by atoms with Crippen molar-refractivity contribution in [2.45, 2.75) is 180 Å². The molecule has 6 saturated carbocycles. The summed E-state index contributed by atoms with van der Waals surface area (Å²) in [6, 6.07) is 41.2. The quantitative estimate of drug-likeness (QED) is 0.00742. The van der Waals surface area contributed by atoms with Crippen molar-refractivity contribution in [1.29, 1.82) is 0 Å². The number of nitrogens with two attached hydrogens (primary N) is 1. The van der Waals surface area contributed by atoms with E-state index >= 15 is 0 Å². The SMILES string of the molecule is COc1c(CN2O[C@@H](CN)[C@@H]([C@H](C)O)[C@H]2C(=O)N[C@H]2C[C@H]3C[C@@H]([C@@H]2C)C3(C)C)cccc1-c1cc(C(=O)N[C@@H](Cc2ccccc2)CN(C)C)cc(N(C)CCO)c1.COc1c(CN2O[C@@H](CN=[N+]=[N-])[C@@H]([C@H](C)O)[C@H]2C(=O)N[C@H]2C[C@H]3C[C@@H]([C@@H]2C)C3(C)C)cccc1-c1cc(C(=O)N[C@@H](Cc2ccccc2)CN(C)C)cc(N(C)CCO)c1.O[C@@H](CS)[C@@H](O)CS. The number of benzene rings is 6. The number of hydrogen-bond donors (Lipinski definition) is 13. The number of methoxy groups -OCH3 is 2. The van der Waals surface area contributed by atoms with Crippen molar-refractivity contribution in [2.75, 3.05) is 130 Å². The summed E-state index contributed by atoms with van der Waals surface area (Å²) < 4.78 is 12.3. The lowest BCUT2D eigenvalue weighted by Gasteiger charge is -2.62. The highest BCUT2D eigenvalue weighted by Gasteiger charge is 2.59. The Morgan fingerprint density at radius 1 is 0.579 bits per heavy atom. The molecule has 2 heterocycles. The fraction of sp³-hybridized carbons (Fsp3) is 0.583. The van der Waals surface area contributed by atoms with Crippen LogP contribution in [0.5, 0.6) is 11.5 Å². The minimum absolute atomic E-state index is 0.000969. The number of anilines is 2. The van der Waals surface area contributed by atoms with Crippen molar-refractivity contribution in [3.63, 3.8) is 0 Å². The van der Waals surface area contributed by atoms with E-state index in [0.29, 0.717) is 108 Å². The molecule has 12 N–H and O–H groups in total. The number of thiol groups is 2. The van der Waals surface area contributed by atoms with Crippen molar-refractivity contribution in [1.82, 2.24) is 41.2 Å². The number of aliphatic hydroxyl groups excluding tert-OH is 6. The van der Waals surface area contributed by atoms with Crippen molar-refractivity contribution in [3.05, 3.63) is 177 Å². The van der Waals surface area contributed by atoms with E-state index < -0.39 is 60.5 Å². The average molecular weight is 1780 g/mol. The summed E-state index contributed by atoms with van der Waals surface area (Å²) in [5.74, 6) is 2.46. The molecule has 6 aromatic rings. The number of amides is 4. The highest BCUT2D eigenvalue weighted by Crippen LogP contribution is 2.62. The Kier molecular flexibility index (Phi) is 36.1. The number of likely N-dealkylation sites (N-methyl/N-ethyl adjacent to an activating group) is 4. The Bertz CT molecular complexity index is 4600. The Labute approximate surface area is 756 Å². The van der Waals surface area contributed by atoms with Gasteiger partial charge in [0.2, 0.25) is 11.8 Å². The monoisotopic (exact) mass is 1780 g/mol. The summed E-state index contributed by atoms with van der Waals surface area (Å²) in [5.41, 5.74) is 25.1. The van der Waals surface area contributed by atoms with E-state index in [1.165, 1.54) is 12.8 Å². The highest BCUT2D eigenvalue weighted by atomic mass is 32.1. The molecule has 2 aliphatic heterocycles. The second-order valence-corrected chi connectivity index (χ2v) is 38.1. The molecule has 690 valence electrons. The van der Waals surface area contributed by atoms with Crippen molar-refractivity contribution in [2.24, 2.45) is 69.0 Å². The molecule has 6 aliphatic carbocycles. The van der Waals surface area contributed by atoms with E-state index in [1.807, 2.05) is 161 Å². The number of carbonyl (C=O) groups is 4. The molecule has 0 aromatic heterocycles. The molecular formula is C96H140N14O14S2. The van der Waals surface area contributed by atoms with Crippen LogP contribution in [0.1, 0.15) is 124 Å². The summed E-state index contributed by atoms with van der Waals surface area (Å²) >= 11 is 7.53. The van der Waals surface area contributed by atoms with Crippen molar-refractivity contribution >= 4 is 60.3 Å². The molecule has 8 fully saturated rings. The van der Waals surface area contributed by atoms with Gasteiger partial charge in [-0.25, -0.2) is 0 Å². The molecule has 2 saturated heterocycles. The number of rotatable bonds is 38. The first-order valence-corrected chi connectivity index (χ1v) is 45.7. The van der Waals surface area contributed by atoms with Gasteiger partial charge in [0, 0.05) is 144 Å². The van der Waals surface area contributed by atoms with Gasteiger partial charge in [-0.15, -0.1) is 0 Å². The standard InChI is InChI=1S/C46H64N8O6.C46H66N6O6.C4H10O2S2/c1-28-38-23-34(46(38,3)4)24-39(28)50-45(58)42-41(29(2)56)40(25-48-51-47)60-54(42)26-31-15-12-16-37(43(31)59-8)32-20-33(22-36(21-32)53(7)17-18-55)44(57)49-35(27-52(5)6)19-30-13-10-9-11-14-30;1-28-38-23-34(46(38,3)4)24-39(28)49-45(56)42-41(29(2)54)40(25-47)58-52(42)26-31-15-12-16-37(43(31)57-8)32-20-33(22-36(21-32)51(7)17-18-53)44(55)48-35(27-50(5)6)19-30-13-10-9-11-14-30;5-3(1-7)4(6)2-8/h9-16,20-22,28-29,34-35,38-42,55-56H,17-19,23-27H2,1-8H3,(H,49,57)(H,50,58);9-16,20-22,28-29,34-35,38-42,53-54H,17-19,23-27,47H2,1-8H3,(H,48,55)(H,49,56);3-8H,1-2H2/t2*28-,29-,34+,35-,38-,39-,40-,41+,42-;3-,4-/m000/s1. The van der Waals surface area contributed by atoms with Crippen molar-refractivity contribution in [3.8, 4) is 33.8 Å². The molecule has 0 unspecified atom stereocenters. The molecule has 0 spiro atoms. The van der Waals surface area contributed by atoms with Gasteiger partial charge >= 0.3 is 0 Å². The Balaban J connectivity index is 0.000000242. The zero-order valence-corrected chi connectivity index (χ0v) is 78.2. The first-order valence-electron chi connectivity index (χ1n) is 44.4. The van der Waals surface area contributed by atoms with Crippen LogP contribution >= 0.6 is 25.3 Å². The van der Waals surface area contributed by atoms with Crippen LogP contribution in [0.25, 0.3) is 32.7 Å². The van der Waals surface area contributed by atoms with Crippen LogP contribution in [0.3, 0.4) is 0 Å². The van der Waals surface area contributed by atoms with E-state index in [9.17, 15) is 45.1 Å². The van der Waals surface area contributed by atoms with E-state index in [2.05, 4.69) is 132 Å². The van der Waals surface area contributed by atoms with Gasteiger partial charge in [0.25, 0.3) is 11.8 Å². The number of fused-ring (bicyclic) bond motifs is 4. The number of para-hydroxylation sites is 2. The molecule has 28 nitrogen and oxygen atoms in total. The van der Waals surface area contributed by atoms with E-state index in [0.717, 1.165) is 57.6 Å². The summed E-state index contributed by atoms with van der Waals surface area (Å²) in [5, 5.41) is 79.8.